The highest BCUT2D eigenvalue weighted by Crippen LogP contribution is 2.13. The van der Waals surface area contributed by atoms with Crippen LogP contribution in [0.2, 0.25) is 0 Å². The lowest BCUT2D eigenvalue weighted by Crippen LogP contribution is -2.26. The molecule has 0 radical (unpaired) electrons. The Morgan fingerprint density at radius 3 is 2.62 bits per heavy atom. The standard InChI is InChI=1S/C17H24N4O3/c1-12(2)16-19-15(24-20-16)8-9-18-17(23)13-4-6-14(7-5-13)21(3)10-11-22/h4-7,12,22H,8-11H2,1-3H3,(H,18,23). The zero-order chi connectivity index (χ0) is 17.5. The van der Waals surface area contributed by atoms with Crippen LogP contribution in [0.5, 0.6) is 0 Å². The van der Waals surface area contributed by atoms with Gasteiger partial charge in [0.1, 0.15) is 0 Å². The Kier molecular flexibility index (Phi) is 6.31. The van der Waals surface area contributed by atoms with Crippen LogP contribution in [0.4, 0.5) is 5.69 Å². The first-order valence-electron chi connectivity index (χ1n) is 8.04. The van der Waals surface area contributed by atoms with Crippen molar-refractivity contribution in [3.63, 3.8) is 0 Å². The predicted molar refractivity (Wildman–Crippen MR) is 91.2 cm³/mol. The van der Waals surface area contributed by atoms with Crippen LogP contribution >= 0.6 is 0 Å². The maximum atomic E-state index is 12.1. The summed E-state index contributed by atoms with van der Waals surface area (Å²) in [7, 11) is 1.89. The fraction of sp³-hybridized carbons (Fsp3) is 0.471. The fourth-order valence-corrected chi connectivity index (χ4v) is 2.14. The highest BCUT2D eigenvalue weighted by molar-refractivity contribution is 5.94. The van der Waals surface area contributed by atoms with E-state index in [0.717, 1.165) is 5.69 Å². The smallest absolute Gasteiger partial charge is 0.251 e. The van der Waals surface area contributed by atoms with E-state index in [9.17, 15) is 4.79 Å². The van der Waals surface area contributed by atoms with Gasteiger partial charge in [0, 0.05) is 43.7 Å². The van der Waals surface area contributed by atoms with E-state index in [-0.39, 0.29) is 18.4 Å². The summed E-state index contributed by atoms with van der Waals surface area (Å²) < 4.78 is 5.14. The van der Waals surface area contributed by atoms with Crippen LogP contribution in [-0.2, 0) is 6.42 Å². The highest BCUT2D eigenvalue weighted by Gasteiger charge is 2.11. The fourth-order valence-electron chi connectivity index (χ4n) is 2.14. The number of carbonyl (C=O) groups excluding carboxylic acids is 1. The maximum absolute atomic E-state index is 12.1. The number of hydrogen-bond acceptors (Lipinski definition) is 6. The third-order valence-corrected chi connectivity index (χ3v) is 3.63. The lowest BCUT2D eigenvalue weighted by Gasteiger charge is -2.17. The molecule has 2 N–H and O–H groups in total. The minimum absolute atomic E-state index is 0.0902. The van der Waals surface area contributed by atoms with Crippen molar-refractivity contribution in [1.29, 1.82) is 0 Å². The third-order valence-electron chi connectivity index (χ3n) is 3.63. The molecule has 1 aromatic heterocycles. The van der Waals surface area contributed by atoms with Crippen molar-refractivity contribution >= 4 is 11.6 Å². The minimum Gasteiger partial charge on any atom is -0.395 e. The molecule has 0 unspecified atom stereocenters. The number of aliphatic hydroxyl groups is 1. The molecule has 0 fully saturated rings. The molecule has 0 saturated carbocycles. The monoisotopic (exact) mass is 332 g/mol. The summed E-state index contributed by atoms with van der Waals surface area (Å²) in [6.45, 7) is 5.07. The molecule has 2 aromatic rings. The van der Waals surface area contributed by atoms with Gasteiger partial charge in [0.2, 0.25) is 5.89 Å². The number of aromatic nitrogens is 2. The zero-order valence-electron chi connectivity index (χ0n) is 14.3. The summed E-state index contributed by atoms with van der Waals surface area (Å²) in [5.41, 5.74) is 1.54. The largest absolute Gasteiger partial charge is 0.395 e. The van der Waals surface area contributed by atoms with E-state index in [0.29, 0.717) is 36.8 Å². The quantitative estimate of drug-likeness (QED) is 0.763. The van der Waals surface area contributed by atoms with Gasteiger partial charge in [-0.3, -0.25) is 4.79 Å². The average Bonchev–Trinajstić information content (AvgIpc) is 3.04. The summed E-state index contributed by atoms with van der Waals surface area (Å²) in [5, 5.41) is 15.7. The molecule has 130 valence electrons. The average molecular weight is 332 g/mol. The van der Waals surface area contributed by atoms with Crippen molar-refractivity contribution < 1.29 is 14.4 Å². The van der Waals surface area contributed by atoms with Crippen LogP contribution in [0.15, 0.2) is 28.8 Å². The predicted octanol–water partition coefficient (Wildman–Crippen LogP) is 1.59. The van der Waals surface area contributed by atoms with Crippen LogP contribution in [-0.4, -0.2) is 47.9 Å². The lowest BCUT2D eigenvalue weighted by molar-refractivity contribution is 0.0953. The van der Waals surface area contributed by atoms with Crippen LogP contribution in [0.3, 0.4) is 0 Å². The highest BCUT2D eigenvalue weighted by atomic mass is 16.5. The Morgan fingerprint density at radius 2 is 2.04 bits per heavy atom. The van der Waals surface area contributed by atoms with Gasteiger partial charge in [0.25, 0.3) is 5.91 Å². The molecule has 2 rings (SSSR count). The summed E-state index contributed by atoms with van der Waals surface area (Å²) in [5.74, 6) is 1.29. The van der Waals surface area contributed by atoms with Crippen molar-refractivity contribution in [2.75, 3.05) is 31.6 Å². The molecule has 24 heavy (non-hydrogen) atoms. The van der Waals surface area contributed by atoms with E-state index in [1.807, 2.05) is 37.9 Å². The number of amides is 1. The van der Waals surface area contributed by atoms with Crippen LogP contribution in [0.1, 0.15) is 41.8 Å². The molecule has 7 nitrogen and oxygen atoms in total. The van der Waals surface area contributed by atoms with E-state index < -0.39 is 0 Å². The van der Waals surface area contributed by atoms with Crippen LogP contribution < -0.4 is 10.2 Å². The van der Waals surface area contributed by atoms with Gasteiger partial charge in [-0.05, 0) is 24.3 Å². The SMILES string of the molecule is CC(C)c1noc(CCNC(=O)c2ccc(N(C)CCO)cc2)n1. The molecular weight excluding hydrogens is 308 g/mol. The topological polar surface area (TPSA) is 91.5 Å². The molecule has 0 saturated heterocycles. The summed E-state index contributed by atoms with van der Waals surface area (Å²) in [6.07, 6.45) is 0.503. The van der Waals surface area contributed by atoms with E-state index in [4.69, 9.17) is 9.63 Å². The number of hydrogen-bond donors (Lipinski definition) is 2. The Labute approximate surface area is 141 Å². The summed E-state index contributed by atoms with van der Waals surface area (Å²) >= 11 is 0. The van der Waals surface area contributed by atoms with E-state index in [1.54, 1.807) is 12.1 Å². The third kappa shape index (κ3) is 4.79. The molecule has 0 aliphatic heterocycles. The van der Waals surface area contributed by atoms with Crippen molar-refractivity contribution in [2.45, 2.75) is 26.2 Å². The molecule has 1 amide bonds. The number of anilines is 1. The Morgan fingerprint density at radius 1 is 1.33 bits per heavy atom. The lowest BCUT2D eigenvalue weighted by atomic mass is 10.2. The number of rotatable bonds is 8. The zero-order valence-corrected chi connectivity index (χ0v) is 14.3. The number of carbonyl (C=O) groups is 1. The second-order valence-corrected chi connectivity index (χ2v) is 5.90. The molecule has 7 heteroatoms. The number of likely N-dealkylation sites (N-methyl/N-ethyl adjacent to an activating group) is 1. The van der Waals surface area contributed by atoms with Gasteiger partial charge < -0.3 is 19.8 Å². The molecule has 1 heterocycles. The minimum atomic E-state index is -0.144. The van der Waals surface area contributed by atoms with Crippen LogP contribution in [0.25, 0.3) is 0 Å². The molecule has 0 aliphatic carbocycles. The van der Waals surface area contributed by atoms with E-state index in [2.05, 4.69) is 15.5 Å². The maximum Gasteiger partial charge on any atom is 0.251 e. The molecular formula is C17H24N4O3. The van der Waals surface area contributed by atoms with Crippen LogP contribution in [0, 0.1) is 0 Å². The molecule has 0 bridgehead atoms. The van der Waals surface area contributed by atoms with Gasteiger partial charge in [-0.15, -0.1) is 0 Å². The summed E-state index contributed by atoms with van der Waals surface area (Å²) in [6, 6.07) is 7.25. The Balaban J connectivity index is 1.83. The normalized spacial score (nSPS) is 10.9. The Bertz CT molecular complexity index is 652. The molecule has 0 atom stereocenters. The van der Waals surface area contributed by atoms with Crippen molar-refractivity contribution in [3.05, 3.63) is 41.5 Å². The van der Waals surface area contributed by atoms with Gasteiger partial charge in [-0.25, -0.2) is 0 Å². The van der Waals surface area contributed by atoms with Gasteiger partial charge in [-0.2, -0.15) is 4.98 Å². The number of benzene rings is 1. The van der Waals surface area contributed by atoms with Crippen molar-refractivity contribution in [1.82, 2.24) is 15.5 Å². The molecule has 0 spiro atoms. The second kappa shape index (κ2) is 8.44. The van der Waals surface area contributed by atoms with Crippen molar-refractivity contribution in [2.24, 2.45) is 0 Å². The second-order valence-electron chi connectivity index (χ2n) is 5.90. The number of nitrogens with zero attached hydrogens (tertiary/aromatic N) is 3. The number of aliphatic hydroxyl groups excluding tert-OH is 1. The first-order valence-corrected chi connectivity index (χ1v) is 8.04. The first kappa shape index (κ1) is 17.9. The Hall–Kier alpha value is -2.41. The first-order chi connectivity index (χ1) is 11.5. The van der Waals surface area contributed by atoms with E-state index >= 15 is 0 Å². The molecule has 0 aliphatic rings. The van der Waals surface area contributed by atoms with Crippen molar-refractivity contribution in [3.8, 4) is 0 Å². The molecule has 1 aromatic carbocycles. The van der Waals surface area contributed by atoms with Gasteiger partial charge >= 0.3 is 0 Å². The summed E-state index contributed by atoms with van der Waals surface area (Å²) in [4.78, 5) is 18.3. The number of nitrogens with one attached hydrogen (secondary N) is 1. The van der Waals surface area contributed by atoms with Gasteiger partial charge in [0.15, 0.2) is 5.82 Å². The van der Waals surface area contributed by atoms with E-state index in [1.165, 1.54) is 0 Å². The van der Waals surface area contributed by atoms with Gasteiger partial charge in [0.05, 0.1) is 6.61 Å². The van der Waals surface area contributed by atoms with Gasteiger partial charge in [-0.1, -0.05) is 19.0 Å².